The number of amides is 2. The van der Waals surface area contributed by atoms with Gasteiger partial charge in [0, 0.05) is 44.2 Å². The Morgan fingerprint density at radius 1 is 0.813 bits per heavy atom. The van der Waals surface area contributed by atoms with E-state index in [1.54, 1.807) is 29.2 Å². The van der Waals surface area contributed by atoms with E-state index in [-0.39, 0.29) is 70.3 Å². The monoisotopic (exact) mass is 1030 g/mol. The van der Waals surface area contributed by atoms with Gasteiger partial charge in [-0.3, -0.25) is 4.90 Å². The summed E-state index contributed by atoms with van der Waals surface area (Å²) in [5, 5.41) is 28.0. The number of nitrogens with zero attached hydrogens (tertiary/aromatic N) is 2. The number of hydrogen-bond donors (Lipinski definition) is 3. The maximum atomic E-state index is 15.1. The van der Waals surface area contributed by atoms with Crippen molar-refractivity contribution >= 4 is 17.9 Å². The Labute approximate surface area is 444 Å². The highest BCUT2D eigenvalue weighted by Crippen LogP contribution is 2.62. The number of unbranched alkanes of at least 4 members (excludes halogenated alkanes) is 11. The van der Waals surface area contributed by atoms with E-state index >= 15 is 4.79 Å². The van der Waals surface area contributed by atoms with Gasteiger partial charge in [-0.25, -0.2) is 14.0 Å². The molecule has 13 heteroatoms. The third-order valence-electron chi connectivity index (χ3n) is 15.0. The summed E-state index contributed by atoms with van der Waals surface area (Å²) < 4.78 is 41.4. The van der Waals surface area contributed by atoms with Crippen LogP contribution in [0.5, 0.6) is 11.5 Å². The number of benzene rings is 4. The van der Waals surface area contributed by atoms with E-state index in [4.69, 9.17) is 28.9 Å². The van der Waals surface area contributed by atoms with Crippen LogP contribution in [-0.4, -0.2) is 71.3 Å². The number of allylic oxidation sites excluding steroid dienone is 1. The largest absolute Gasteiger partial charge is 0.459 e. The van der Waals surface area contributed by atoms with Crippen molar-refractivity contribution in [3.8, 4) is 11.5 Å². The number of carbonyl (C=O) groups is 2. The summed E-state index contributed by atoms with van der Waals surface area (Å²) in [5.74, 6) is -2.23. The number of aliphatic hydroxyl groups is 2. The van der Waals surface area contributed by atoms with Gasteiger partial charge in [-0.1, -0.05) is 168 Å². The summed E-state index contributed by atoms with van der Waals surface area (Å²) in [4.78, 5) is 36.5. The molecule has 2 amide bonds. The number of fused-ring (bicyclic) bond motifs is 2. The van der Waals surface area contributed by atoms with Crippen molar-refractivity contribution in [2.45, 2.75) is 154 Å². The fraction of sp³-hybridized carbons (Fsp3) is 0.500. The first kappa shape index (κ1) is 56.7. The van der Waals surface area contributed by atoms with Crippen LogP contribution in [0.1, 0.15) is 144 Å². The van der Waals surface area contributed by atoms with E-state index in [0.29, 0.717) is 42.0 Å². The number of aliphatic hydroxyl groups excluding tert-OH is 2. The van der Waals surface area contributed by atoms with E-state index in [2.05, 4.69) is 24.9 Å². The molecule has 3 aliphatic rings. The normalized spacial score (nSPS) is 21.0. The van der Waals surface area contributed by atoms with Gasteiger partial charge < -0.3 is 39.3 Å². The molecular formula is C62H80FN3O9. The number of halogens is 1. The summed E-state index contributed by atoms with van der Waals surface area (Å²) >= 11 is 0. The van der Waals surface area contributed by atoms with Crippen molar-refractivity contribution in [3.63, 3.8) is 0 Å². The standard InChI is InChI=1S/C62H80FN3O9/c1-3-5-6-7-8-9-10-11-12-23-39-71-61(70)66(44-47-30-32-50(63)33-31-47)57-42-55(65-73-45-48-26-17-14-18-27-48)53-40-49(28-19-21-36-67)52(29-20-22-37-68)58-54-41-51(74-60(69)64-43-46-24-15-13-16-25-46)34-35-56(54)75-62(57,59(53)58)72-38-4-2/h4,13-18,24-27,30-35,40-41,49,52,57-59,67-68H,2-3,5-12,19-23,28-29,36-39,42-45H2,1H3,(H,64,69)/t49-,52+,57-,58+,59+,62+/m0/s1. The molecule has 6 atom stereocenters. The number of oxime groups is 1. The first-order valence-corrected chi connectivity index (χ1v) is 27.7. The summed E-state index contributed by atoms with van der Waals surface area (Å²) in [6.07, 6.45) is 18.5. The van der Waals surface area contributed by atoms with E-state index in [0.717, 1.165) is 67.2 Å². The Kier molecular flexibility index (Phi) is 22.6. The molecule has 1 fully saturated rings. The molecule has 2 aliphatic carbocycles. The molecule has 0 unspecified atom stereocenters. The van der Waals surface area contributed by atoms with Crippen LogP contribution >= 0.6 is 0 Å². The molecular weight excluding hydrogens is 950 g/mol. The van der Waals surface area contributed by atoms with Crippen molar-refractivity contribution in [2.75, 3.05) is 26.4 Å². The van der Waals surface area contributed by atoms with E-state index in [1.807, 2.05) is 72.8 Å². The van der Waals surface area contributed by atoms with Crippen molar-refractivity contribution < 1.29 is 48.0 Å². The van der Waals surface area contributed by atoms with Gasteiger partial charge in [0.2, 0.25) is 5.79 Å². The highest BCUT2D eigenvalue weighted by atomic mass is 19.1. The molecule has 75 heavy (non-hydrogen) atoms. The smallest absolute Gasteiger partial charge is 0.412 e. The molecule has 0 radical (unpaired) electrons. The zero-order valence-corrected chi connectivity index (χ0v) is 44.1. The molecule has 7 rings (SSSR count). The number of rotatable bonds is 31. The number of carbonyl (C=O) groups excluding carboxylic acids is 2. The Hall–Kier alpha value is -6.02. The fourth-order valence-corrected chi connectivity index (χ4v) is 11.3. The van der Waals surface area contributed by atoms with Gasteiger partial charge in [0.1, 0.15) is 30.0 Å². The van der Waals surface area contributed by atoms with Gasteiger partial charge >= 0.3 is 12.2 Å². The topological polar surface area (TPSA) is 148 Å². The zero-order valence-electron chi connectivity index (χ0n) is 44.1. The summed E-state index contributed by atoms with van der Waals surface area (Å²) in [6, 6.07) is 30.1. The van der Waals surface area contributed by atoms with Crippen LogP contribution in [-0.2, 0) is 34.0 Å². The average Bonchev–Trinajstić information content (AvgIpc) is 3.47. The first-order chi connectivity index (χ1) is 36.8. The molecule has 1 aliphatic heterocycles. The number of ether oxygens (including phenoxy) is 4. The maximum absolute atomic E-state index is 15.1. The molecule has 4 aromatic carbocycles. The van der Waals surface area contributed by atoms with Gasteiger partial charge in [-0.2, -0.15) is 0 Å². The van der Waals surface area contributed by atoms with Crippen LogP contribution in [0.3, 0.4) is 0 Å². The lowest BCUT2D eigenvalue weighted by atomic mass is 9.55. The van der Waals surface area contributed by atoms with Gasteiger partial charge in [-0.05, 0) is 96.5 Å². The molecule has 0 saturated heterocycles. The molecule has 404 valence electrons. The Bertz CT molecular complexity index is 2440. The van der Waals surface area contributed by atoms with Crippen molar-refractivity contribution in [1.82, 2.24) is 10.2 Å². The third-order valence-corrected chi connectivity index (χ3v) is 15.0. The summed E-state index contributed by atoms with van der Waals surface area (Å²) in [7, 11) is 0. The maximum Gasteiger partial charge on any atom is 0.412 e. The second-order valence-electron chi connectivity index (χ2n) is 20.3. The predicted octanol–water partition coefficient (Wildman–Crippen LogP) is 13.5. The Morgan fingerprint density at radius 2 is 1.48 bits per heavy atom. The van der Waals surface area contributed by atoms with E-state index in [9.17, 15) is 19.4 Å². The van der Waals surface area contributed by atoms with Crippen LogP contribution < -0.4 is 14.8 Å². The highest BCUT2D eigenvalue weighted by Gasteiger charge is 2.65. The van der Waals surface area contributed by atoms with Crippen LogP contribution in [0.2, 0.25) is 0 Å². The Morgan fingerprint density at radius 3 is 2.16 bits per heavy atom. The van der Waals surface area contributed by atoms with Crippen LogP contribution in [0.25, 0.3) is 0 Å². The van der Waals surface area contributed by atoms with Gasteiger partial charge in [0.05, 0.1) is 24.8 Å². The quantitative estimate of drug-likeness (QED) is 0.0254. The second-order valence-corrected chi connectivity index (χ2v) is 20.3. The molecule has 12 nitrogen and oxygen atoms in total. The molecule has 4 aromatic rings. The van der Waals surface area contributed by atoms with Gasteiger partial charge in [0.15, 0.2) is 0 Å². The minimum Gasteiger partial charge on any atom is -0.459 e. The molecule has 0 aromatic heterocycles. The minimum absolute atomic E-state index is 0.0227. The lowest BCUT2D eigenvalue weighted by molar-refractivity contribution is -0.256. The molecule has 3 N–H and O–H groups in total. The molecule has 1 saturated carbocycles. The van der Waals surface area contributed by atoms with E-state index < -0.39 is 35.8 Å². The SMILES string of the molecule is C=CCO[C@@]12Oc3ccc(OC(=O)NCc4ccccc4)cc3[C@H]3[C@H](CCCCO)[C@@H](CCCCO)C=C(C(=NOCc4ccccc4)C[C@@H]1N(Cc1ccc(F)cc1)C(=O)OCCCCCCCCCCCC)[C@H]32. The molecule has 0 spiro atoms. The number of hydrogen-bond acceptors (Lipinski definition) is 10. The van der Waals surface area contributed by atoms with Crippen molar-refractivity contribution in [3.05, 3.63) is 156 Å². The second kappa shape index (κ2) is 29.9. The predicted molar refractivity (Wildman–Crippen MR) is 291 cm³/mol. The summed E-state index contributed by atoms with van der Waals surface area (Å²) in [5.41, 5.74) is 4.83. The Balaban J connectivity index is 1.32. The number of nitrogens with one attached hydrogen (secondary N) is 1. The van der Waals surface area contributed by atoms with Crippen molar-refractivity contribution in [2.24, 2.45) is 22.9 Å². The third kappa shape index (κ3) is 15.8. The van der Waals surface area contributed by atoms with Crippen molar-refractivity contribution in [1.29, 1.82) is 0 Å². The molecule has 1 heterocycles. The van der Waals surface area contributed by atoms with Gasteiger partial charge in [-0.15, -0.1) is 6.58 Å². The molecule has 0 bridgehead atoms. The summed E-state index contributed by atoms with van der Waals surface area (Å²) in [6.45, 7) is 7.21. The van der Waals surface area contributed by atoms with Crippen LogP contribution in [0.15, 0.2) is 133 Å². The fourth-order valence-electron chi connectivity index (χ4n) is 11.3. The lowest BCUT2D eigenvalue weighted by Crippen LogP contribution is -2.70. The average molecular weight is 1030 g/mol. The minimum atomic E-state index is -1.58. The lowest BCUT2D eigenvalue weighted by Gasteiger charge is -2.59. The van der Waals surface area contributed by atoms with Gasteiger partial charge in [0.25, 0.3) is 0 Å². The zero-order chi connectivity index (χ0) is 52.7. The first-order valence-electron chi connectivity index (χ1n) is 27.7. The highest BCUT2D eigenvalue weighted by molar-refractivity contribution is 6.03. The van der Waals surface area contributed by atoms with E-state index in [1.165, 1.54) is 50.7 Å². The van der Waals surface area contributed by atoms with Crippen LogP contribution in [0.4, 0.5) is 14.0 Å². The van der Waals surface area contributed by atoms with Crippen LogP contribution in [0, 0.1) is 23.6 Å².